The Labute approximate surface area is 157 Å². The van der Waals surface area contributed by atoms with E-state index in [0.717, 1.165) is 31.4 Å². The van der Waals surface area contributed by atoms with E-state index >= 15 is 0 Å². The number of fused-ring (bicyclic) bond motifs is 1. The van der Waals surface area contributed by atoms with Gasteiger partial charge in [0.2, 0.25) is 0 Å². The molecule has 1 aliphatic rings. The van der Waals surface area contributed by atoms with E-state index in [1.54, 1.807) is 12.1 Å². The zero-order chi connectivity index (χ0) is 18.7. The Kier molecular flexibility index (Phi) is 5.68. The number of hydrogen-bond acceptors (Lipinski definition) is 3. The van der Waals surface area contributed by atoms with E-state index in [-0.39, 0.29) is 0 Å². The van der Waals surface area contributed by atoms with Crippen molar-refractivity contribution in [2.75, 3.05) is 11.3 Å². The van der Waals surface area contributed by atoms with E-state index in [1.165, 1.54) is 11.1 Å². The number of hydrogen-bond donors (Lipinski definition) is 2. The van der Waals surface area contributed by atoms with Crippen molar-refractivity contribution in [1.82, 2.24) is 5.32 Å². The Morgan fingerprint density at radius 1 is 1.08 bits per heavy atom. The Morgan fingerprint density at radius 3 is 2.46 bits per heavy atom. The quantitative estimate of drug-likeness (QED) is 0.803. The molecule has 0 fully saturated rings. The van der Waals surface area contributed by atoms with Gasteiger partial charge in [-0.15, -0.1) is 0 Å². The fraction of sp³-hybridized carbons (Fsp3) is 0.429. The standard InChI is InChI=1S/C21H28N2O2S/c1-4-22-19-9-5-18-14-20(10-6-17(18)13-19)23-26(24,25)21-11-7-16(8-12-21)15(2)3/h6-8,10-12,14-15,19,22-23H,4-5,9,13H2,1-3H3. The lowest BCUT2D eigenvalue weighted by Gasteiger charge is -2.25. The van der Waals surface area contributed by atoms with Gasteiger partial charge in [-0.2, -0.15) is 0 Å². The summed E-state index contributed by atoms with van der Waals surface area (Å²) in [5, 5.41) is 3.50. The van der Waals surface area contributed by atoms with Crippen molar-refractivity contribution in [1.29, 1.82) is 0 Å². The zero-order valence-electron chi connectivity index (χ0n) is 15.7. The van der Waals surface area contributed by atoms with Gasteiger partial charge in [0.25, 0.3) is 10.0 Å². The molecule has 0 spiro atoms. The Hall–Kier alpha value is -1.85. The number of aryl methyl sites for hydroxylation is 1. The summed E-state index contributed by atoms with van der Waals surface area (Å²) in [4.78, 5) is 0.298. The third-order valence-electron chi connectivity index (χ3n) is 5.04. The maximum Gasteiger partial charge on any atom is 0.261 e. The Morgan fingerprint density at radius 2 is 1.81 bits per heavy atom. The molecule has 0 heterocycles. The van der Waals surface area contributed by atoms with Crippen LogP contribution in [0, 0.1) is 0 Å². The molecular formula is C21H28N2O2S. The predicted molar refractivity (Wildman–Crippen MR) is 107 cm³/mol. The lowest BCUT2D eigenvalue weighted by Crippen LogP contribution is -2.34. The summed E-state index contributed by atoms with van der Waals surface area (Å²) in [6.45, 7) is 7.29. The predicted octanol–water partition coefficient (Wildman–Crippen LogP) is 4.08. The molecule has 0 aromatic heterocycles. The van der Waals surface area contributed by atoms with Gasteiger partial charge in [0.05, 0.1) is 4.90 Å². The summed E-state index contributed by atoms with van der Waals surface area (Å²) < 4.78 is 28.1. The van der Waals surface area contributed by atoms with Gasteiger partial charge in [-0.05, 0) is 72.7 Å². The van der Waals surface area contributed by atoms with Crippen LogP contribution in [0.5, 0.6) is 0 Å². The number of sulfonamides is 1. The molecule has 1 atom stereocenters. The van der Waals surface area contributed by atoms with E-state index < -0.39 is 10.0 Å². The second-order valence-corrected chi connectivity index (χ2v) is 8.99. The first-order chi connectivity index (χ1) is 12.4. The molecule has 5 heteroatoms. The number of anilines is 1. The molecule has 0 saturated carbocycles. The van der Waals surface area contributed by atoms with Crippen LogP contribution in [0.25, 0.3) is 0 Å². The molecule has 1 unspecified atom stereocenters. The van der Waals surface area contributed by atoms with Crippen LogP contribution < -0.4 is 10.0 Å². The maximum atomic E-state index is 12.7. The summed E-state index contributed by atoms with van der Waals surface area (Å²) in [7, 11) is -3.56. The molecule has 0 saturated heterocycles. The fourth-order valence-electron chi connectivity index (χ4n) is 3.53. The van der Waals surface area contributed by atoms with Gasteiger partial charge in [0.1, 0.15) is 0 Å². The van der Waals surface area contributed by atoms with Gasteiger partial charge in [-0.3, -0.25) is 4.72 Å². The van der Waals surface area contributed by atoms with Crippen molar-refractivity contribution in [3.63, 3.8) is 0 Å². The number of nitrogens with one attached hydrogen (secondary N) is 2. The summed E-state index contributed by atoms with van der Waals surface area (Å²) in [5.41, 5.74) is 4.33. The average molecular weight is 373 g/mol. The minimum atomic E-state index is -3.56. The molecule has 140 valence electrons. The van der Waals surface area contributed by atoms with Gasteiger partial charge in [0, 0.05) is 11.7 Å². The van der Waals surface area contributed by atoms with Crippen LogP contribution in [0.4, 0.5) is 5.69 Å². The molecule has 26 heavy (non-hydrogen) atoms. The molecule has 0 amide bonds. The molecule has 2 aromatic carbocycles. The first-order valence-corrected chi connectivity index (χ1v) is 10.9. The number of likely N-dealkylation sites (N-methyl/N-ethyl adjacent to an activating group) is 1. The summed E-state index contributed by atoms with van der Waals surface area (Å²) >= 11 is 0. The normalized spacial score (nSPS) is 17.2. The largest absolute Gasteiger partial charge is 0.314 e. The van der Waals surface area contributed by atoms with Crippen molar-refractivity contribution in [3.05, 3.63) is 59.2 Å². The average Bonchev–Trinajstić information content (AvgIpc) is 2.62. The van der Waals surface area contributed by atoms with Crippen LogP contribution in [0.15, 0.2) is 47.4 Å². The lowest BCUT2D eigenvalue weighted by atomic mass is 9.88. The minimum absolute atomic E-state index is 0.298. The lowest BCUT2D eigenvalue weighted by molar-refractivity contribution is 0.471. The maximum absolute atomic E-state index is 12.7. The van der Waals surface area contributed by atoms with Crippen molar-refractivity contribution >= 4 is 15.7 Å². The number of benzene rings is 2. The third kappa shape index (κ3) is 4.27. The van der Waals surface area contributed by atoms with E-state index in [0.29, 0.717) is 22.5 Å². The second-order valence-electron chi connectivity index (χ2n) is 7.31. The van der Waals surface area contributed by atoms with Gasteiger partial charge in [-0.1, -0.05) is 39.0 Å². The second kappa shape index (κ2) is 7.80. The first-order valence-electron chi connectivity index (χ1n) is 9.37. The Bertz CT molecular complexity index is 858. The highest BCUT2D eigenvalue weighted by atomic mass is 32.2. The Balaban J connectivity index is 1.76. The van der Waals surface area contributed by atoms with Crippen molar-refractivity contribution in [2.24, 2.45) is 0 Å². The van der Waals surface area contributed by atoms with Crippen molar-refractivity contribution in [3.8, 4) is 0 Å². The van der Waals surface area contributed by atoms with E-state index in [9.17, 15) is 8.42 Å². The first kappa shape index (κ1) is 18.9. The summed E-state index contributed by atoms with van der Waals surface area (Å²) in [6.07, 6.45) is 3.08. The SMILES string of the molecule is CCNC1CCc2cc(NS(=O)(=O)c3ccc(C(C)C)cc3)ccc2C1. The zero-order valence-corrected chi connectivity index (χ0v) is 16.6. The van der Waals surface area contributed by atoms with E-state index in [1.807, 2.05) is 24.3 Å². The van der Waals surface area contributed by atoms with Gasteiger partial charge >= 0.3 is 0 Å². The van der Waals surface area contributed by atoms with Crippen LogP contribution in [-0.2, 0) is 22.9 Å². The molecule has 0 bridgehead atoms. The highest BCUT2D eigenvalue weighted by Gasteiger charge is 2.20. The van der Waals surface area contributed by atoms with E-state index in [4.69, 9.17) is 0 Å². The van der Waals surface area contributed by atoms with Crippen LogP contribution in [0.1, 0.15) is 49.8 Å². The van der Waals surface area contributed by atoms with Crippen molar-refractivity contribution < 1.29 is 8.42 Å². The summed E-state index contributed by atoms with van der Waals surface area (Å²) in [6, 6.07) is 13.5. The van der Waals surface area contributed by atoms with Crippen LogP contribution in [0.2, 0.25) is 0 Å². The van der Waals surface area contributed by atoms with Gasteiger partial charge in [-0.25, -0.2) is 8.42 Å². The molecular weight excluding hydrogens is 344 g/mol. The number of rotatable bonds is 6. The molecule has 0 aliphatic heterocycles. The smallest absolute Gasteiger partial charge is 0.261 e. The summed E-state index contributed by atoms with van der Waals surface area (Å²) in [5.74, 6) is 0.381. The molecule has 1 aliphatic carbocycles. The highest BCUT2D eigenvalue weighted by Crippen LogP contribution is 2.26. The molecule has 4 nitrogen and oxygen atoms in total. The molecule has 3 rings (SSSR count). The molecule has 0 radical (unpaired) electrons. The third-order valence-corrected chi connectivity index (χ3v) is 6.43. The topological polar surface area (TPSA) is 58.2 Å². The van der Waals surface area contributed by atoms with E-state index in [2.05, 4.69) is 36.9 Å². The van der Waals surface area contributed by atoms with Crippen LogP contribution in [-0.4, -0.2) is 21.0 Å². The monoisotopic (exact) mass is 372 g/mol. The molecule has 2 N–H and O–H groups in total. The van der Waals surface area contributed by atoms with Crippen LogP contribution in [0.3, 0.4) is 0 Å². The minimum Gasteiger partial charge on any atom is -0.314 e. The van der Waals surface area contributed by atoms with Gasteiger partial charge < -0.3 is 5.32 Å². The van der Waals surface area contributed by atoms with Crippen molar-refractivity contribution in [2.45, 2.75) is 56.9 Å². The molecule has 2 aromatic rings. The fourth-order valence-corrected chi connectivity index (χ4v) is 4.58. The van der Waals surface area contributed by atoms with Crippen LogP contribution >= 0.6 is 0 Å². The van der Waals surface area contributed by atoms with Gasteiger partial charge in [0.15, 0.2) is 0 Å². The highest BCUT2D eigenvalue weighted by molar-refractivity contribution is 7.92.